The fourth-order valence-electron chi connectivity index (χ4n) is 5.71. The summed E-state index contributed by atoms with van der Waals surface area (Å²) in [6.07, 6.45) is 0. The Morgan fingerprint density at radius 2 is 0.632 bits per heavy atom. The number of aliphatic hydroxyl groups is 2. The van der Waals surface area contributed by atoms with E-state index in [-0.39, 0.29) is 0 Å². The second kappa shape index (κ2) is 8.34. The molecule has 0 fully saturated rings. The zero-order valence-corrected chi connectivity index (χ0v) is 20.4. The summed E-state index contributed by atoms with van der Waals surface area (Å²) < 4.78 is 0. The second-order valence-corrected chi connectivity index (χ2v) is 9.65. The Bertz CT molecular complexity index is 1640. The molecule has 5 aromatic carbocycles. The Morgan fingerprint density at radius 3 is 0.947 bits per heavy atom. The molecule has 2 N–H and O–H groups in total. The average Bonchev–Trinajstić information content (AvgIpc) is 3.39. The van der Waals surface area contributed by atoms with Gasteiger partial charge in [0.1, 0.15) is 0 Å². The van der Waals surface area contributed by atoms with Crippen LogP contribution in [0.15, 0.2) is 121 Å². The third-order valence-electron chi connectivity index (χ3n) is 7.53. The van der Waals surface area contributed by atoms with E-state index in [9.17, 15) is 10.2 Å². The first-order valence-corrected chi connectivity index (χ1v) is 12.6. The highest BCUT2D eigenvalue weighted by Crippen LogP contribution is 2.48. The van der Waals surface area contributed by atoms with Gasteiger partial charge in [-0.3, -0.25) is 0 Å². The fraction of sp³-hybridized carbons (Fsp3) is 0.0556. The maximum Gasteiger partial charge on any atom is 0.178 e. The lowest BCUT2D eigenvalue weighted by molar-refractivity contribution is 0.150. The normalized spacial score (nSPS) is 14.6. The van der Waals surface area contributed by atoms with Crippen molar-refractivity contribution in [2.45, 2.75) is 11.2 Å². The summed E-state index contributed by atoms with van der Waals surface area (Å²) in [6.45, 7) is 0. The van der Waals surface area contributed by atoms with E-state index in [1.165, 1.54) is 0 Å². The van der Waals surface area contributed by atoms with E-state index in [1.807, 2.05) is 121 Å². The summed E-state index contributed by atoms with van der Waals surface area (Å²) in [4.78, 5) is 0. The minimum atomic E-state index is -1.42. The van der Waals surface area contributed by atoms with E-state index < -0.39 is 11.2 Å². The molecular formula is C36H22O2. The van der Waals surface area contributed by atoms with E-state index in [1.54, 1.807) is 0 Å². The van der Waals surface area contributed by atoms with Crippen LogP contribution < -0.4 is 0 Å². The monoisotopic (exact) mass is 486 g/mol. The van der Waals surface area contributed by atoms with Crippen LogP contribution in [0.25, 0.3) is 22.3 Å². The first-order valence-electron chi connectivity index (χ1n) is 12.6. The van der Waals surface area contributed by atoms with Gasteiger partial charge in [0.25, 0.3) is 0 Å². The number of rotatable bonds is 0. The Hall–Kier alpha value is -4.86. The van der Waals surface area contributed by atoms with Gasteiger partial charge in [0.05, 0.1) is 0 Å². The van der Waals surface area contributed by atoms with Gasteiger partial charge >= 0.3 is 0 Å². The van der Waals surface area contributed by atoms with Crippen molar-refractivity contribution in [1.82, 2.24) is 0 Å². The number of benzene rings is 5. The molecule has 38 heavy (non-hydrogen) atoms. The summed E-state index contributed by atoms with van der Waals surface area (Å²) in [5, 5.41) is 23.7. The summed E-state index contributed by atoms with van der Waals surface area (Å²) in [7, 11) is 0. The fourth-order valence-corrected chi connectivity index (χ4v) is 5.71. The van der Waals surface area contributed by atoms with E-state index in [0.717, 1.165) is 44.5 Å². The molecule has 2 heteroatoms. The molecule has 5 aromatic rings. The van der Waals surface area contributed by atoms with Crippen LogP contribution in [-0.2, 0) is 11.2 Å². The zero-order chi connectivity index (χ0) is 25.7. The molecular weight excluding hydrogens is 464 g/mol. The highest BCUT2D eigenvalue weighted by Gasteiger charge is 2.41. The van der Waals surface area contributed by atoms with Crippen molar-refractivity contribution < 1.29 is 10.2 Å². The van der Waals surface area contributed by atoms with Crippen LogP contribution in [0.2, 0.25) is 0 Å². The van der Waals surface area contributed by atoms with Crippen LogP contribution in [-0.4, -0.2) is 10.2 Å². The van der Waals surface area contributed by atoms with Crippen molar-refractivity contribution in [3.8, 4) is 45.9 Å². The highest BCUT2D eigenvalue weighted by atomic mass is 16.3. The van der Waals surface area contributed by atoms with Crippen molar-refractivity contribution in [3.63, 3.8) is 0 Å². The SMILES string of the molecule is OC1(C#Cc2ccccc2C#CC2(O)c3ccccc3-c3ccccc32)c2ccccc2-c2ccccc21. The van der Waals surface area contributed by atoms with Gasteiger partial charge in [-0.25, -0.2) is 0 Å². The van der Waals surface area contributed by atoms with Crippen LogP contribution in [0.4, 0.5) is 0 Å². The van der Waals surface area contributed by atoms with Gasteiger partial charge in [0.2, 0.25) is 0 Å². The van der Waals surface area contributed by atoms with Crippen LogP contribution in [0.3, 0.4) is 0 Å². The molecule has 0 amide bonds. The topological polar surface area (TPSA) is 40.5 Å². The Morgan fingerprint density at radius 1 is 0.368 bits per heavy atom. The lowest BCUT2D eigenvalue weighted by atomic mass is 9.91. The Labute approximate surface area is 221 Å². The first-order chi connectivity index (χ1) is 18.6. The Kier molecular flexibility index (Phi) is 4.90. The predicted molar refractivity (Wildman–Crippen MR) is 150 cm³/mol. The lowest BCUT2D eigenvalue weighted by Gasteiger charge is -2.19. The molecule has 0 bridgehead atoms. The second-order valence-electron chi connectivity index (χ2n) is 9.65. The molecule has 7 rings (SSSR count). The molecule has 0 radical (unpaired) electrons. The number of fused-ring (bicyclic) bond motifs is 6. The summed E-state index contributed by atoms with van der Waals surface area (Å²) >= 11 is 0. The van der Waals surface area contributed by atoms with E-state index in [4.69, 9.17) is 0 Å². The number of hydrogen-bond acceptors (Lipinski definition) is 2. The van der Waals surface area contributed by atoms with Gasteiger partial charge in [-0.15, -0.1) is 0 Å². The standard InChI is InChI=1S/C36H22O2/c37-35(31-17-7-3-13-27(31)28-14-4-8-18-32(28)35)23-21-25-11-1-2-12-26(25)22-24-36(38)33-19-9-5-15-29(33)30-16-6-10-20-34(30)36/h1-20,37-38H. The molecule has 0 atom stereocenters. The summed E-state index contributed by atoms with van der Waals surface area (Å²) in [6, 6.07) is 39.0. The van der Waals surface area contributed by atoms with E-state index >= 15 is 0 Å². The lowest BCUT2D eigenvalue weighted by Crippen LogP contribution is -2.22. The van der Waals surface area contributed by atoms with Gasteiger partial charge in [-0.1, -0.05) is 133 Å². The molecule has 0 heterocycles. The zero-order valence-electron chi connectivity index (χ0n) is 20.4. The van der Waals surface area contributed by atoms with Crippen molar-refractivity contribution >= 4 is 0 Å². The van der Waals surface area contributed by atoms with E-state index in [2.05, 4.69) is 23.7 Å². The van der Waals surface area contributed by atoms with Crippen LogP contribution in [0, 0.1) is 23.7 Å². The highest BCUT2D eigenvalue weighted by molar-refractivity contribution is 5.83. The molecule has 0 saturated carbocycles. The molecule has 2 aliphatic rings. The molecule has 0 aromatic heterocycles. The molecule has 0 spiro atoms. The van der Waals surface area contributed by atoms with Crippen molar-refractivity contribution in [3.05, 3.63) is 155 Å². The smallest absolute Gasteiger partial charge is 0.178 e. The summed E-state index contributed by atoms with van der Waals surface area (Å²) in [5.74, 6) is 12.8. The average molecular weight is 487 g/mol. The third-order valence-corrected chi connectivity index (χ3v) is 7.53. The van der Waals surface area contributed by atoms with Crippen molar-refractivity contribution in [2.75, 3.05) is 0 Å². The number of hydrogen-bond donors (Lipinski definition) is 2. The quantitative estimate of drug-likeness (QED) is 0.255. The first kappa shape index (κ1) is 22.3. The van der Waals surface area contributed by atoms with Crippen LogP contribution >= 0.6 is 0 Å². The van der Waals surface area contributed by atoms with Gasteiger partial charge < -0.3 is 10.2 Å². The minimum absolute atomic E-state index is 0.693. The van der Waals surface area contributed by atoms with Crippen LogP contribution in [0.5, 0.6) is 0 Å². The molecule has 178 valence electrons. The van der Waals surface area contributed by atoms with Crippen LogP contribution in [0.1, 0.15) is 33.4 Å². The maximum absolute atomic E-state index is 11.9. The van der Waals surface area contributed by atoms with Gasteiger partial charge in [0, 0.05) is 33.4 Å². The van der Waals surface area contributed by atoms with Crippen molar-refractivity contribution in [2.24, 2.45) is 0 Å². The van der Waals surface area contributed by atoms with E-state index in [0.29, 0.717) is 11.1 Å². The molecule has 0 aliphatic heterocycles. The van der Waals surface area contributed by atoms with Gasteiger partial charge in [-0.05, 0) is 34.4 Å². The van der Waals surface area contributed by atoms with Gasteiger partial charge in [-0.2, -0.15) is 0 Å². The summed E-state index contributed by atoms with van der Waals surface area (Å²) in [5.41, 5.74) is 5.65. The molecule has 2 aliphatic carbocycles. The van der Waals surface area contributed by atoms with Gasteiger partial charge in [0.15, 0.2) is 11.2 Å². The van der Waals surface area contributed by atoms with Crippen molar-refractivity contribution in [1.29, 1.82) is 0 Å². The molecule has 0 saturated heterocycles. The predicted octanol–water partition coefficient (Wildman–Crippen LogP) is 6.22. The largest absolute Gasteiger partial charge is 0.369 e. The Balaban J connectivity index is 1.34. The molecule has 2 nitrogen and oxygen atoms in total. The minimum Gasteiger partial charge on any atom is -0.369 e. The third kappa shape index (κ3) is 3.19. The maximum atomic E-state index is 11.9. The molecule has 0 unspecified atom stereocenters.